The summed E-state index contributed by atoms with van der Waals surface area (Å²) in [5, 5.41) is -6.26. The number of carbonyl (C=O) groups is 2. The number of esters is 1. The van der Waals surface area contributed by atoms with Gasteiger partial charge in [0.2, 0.25) is 5.83 Å². The minimum atomic E-state index is -6.97. The molecule has 0 heterocycles. The molecule has 0 saturated carbocycles. The largest absolute Gasteiger partial charge is 0.743 e. The van der Waals surface area contributed by atoms with Crippen molar-refractivity contribution in [2.24, 2.45) is 0 Å². The van der Waals surface area contributed by atoms with Gasteiger partial charge in [-0.3, -0.25) is 4.79 Å². The van der Waals surface area contributed by atoms with Crippen LogP contribution in [0.4, 0.5) is 35.1 Å². The second kappa shape index (κ2) is 12.3. The first kappa shape index (κ1) is 33.0. The zero-order chi connectivity index (χ0) is 27.9. The molecule has 1 amide bonds. The molecule has 0 radical (unpaired) electrons. The van der Waals surface area contributed by atoms with Crippen LogP contribution < -0.4 is 0 Å². The summed E-state index contributed by atoms with van der Waals surface area (Å²) in [7, 11) is -6.97. The molecular formula is C18H24F8NO7S-. The van der Waals surface area contributed by atoms with Crippen LogP contribution in [-0.2, 0) is 29.2 Å². The van der Waals surface area contributed by atoms with Crippen molar-refractivity contribution >= 4 is 22.0 Å². The fraction of sp³-hybridized carbons (Fsp3) is 0.778. The van der Waals surface area contributed by atoms with Gasteiger partial charge in [-0.05, 0) is 12.8 Å². The van der Waals surface area contributed by atoms with E-state index in [1.54, 1.807) is 13.8 Å². The van der Waals surface area contributed by atoms with Crippen molar-refractivity contribution in [1.82, 2.24) is 4.90 Å². The van der Waals surface area contributed by atoms with Crippen LogP contribution in [0.1, 0.15) is 46.0 Å². The number of hydrogen-bond donors (Lipinski definition) is 0. The molecule has 17 heteroatoms. The molecule has 0 rings (SSSR count). The summed E-state index contributed by atoms with van der Waals surface area (Å²) in [5.74, 6) is -17.3. The van der Waals surface area contributed by atoms with Crippen LogP contribution in [0.25, 0.3) is 0 Å². The summed E-state index contributed by atoms with van der Waals surface area (Å²) in [4.78, 5) is 24.9. The number of alkyl halides is 7. The van der Waals surface area contributed by atoms with Gasteiger partial charge >= 0.3 is 35.0 Å². The SMILES string of the molecule is C=C(F)C(=O)OC(OCCC(F)(F)C(F)(F)S(=O)(=O)[O-])(C(=O)N(CCCC)CCCC)C(F)(F)F. The van der Waals surface area contributed by atoms with Crippen LogP contribution in [-0.4, -0.2) is 72.6 Å². The molecule has 1 unspecified atom stereocenters. The lowest BCUT2D eigenvalue weighted by atomic mass is 10.1. The van der Waals surface area contributed by atoms with Crippen LogP contribution in [0.3, 0.4) is 0 Å². The predicted molar refractivity (Wildman–Crippen MR) is 102 cm³/mol. The molecule has 1 atom stereocenters. The molecule has 0 spiro atoms. The maximum absolute atomic E-state index is 14.0. The Kier molecular flexibility index (Phi) is 11.6. The van der Waals surface area contributed by atoms with Gasteiger partial charge in [0.25, 0.3) is 0 Å². The summed E-state index contributed by atoms with van der Waals surface area (Å²) < 4.78 is 148. The molecule has 0 aliphatic rings. The topological polar surface area (TPSA) is 113 Å². The monoisotopic (exact) mass is 550 g/mol. The van der Waals surface area contributed by atoms with Crippen LogP contribution in [0.5, 0.6) is 0 Å². The third-order valence-electron chi connectivity index (χ3n) is 4.42. The van der Waals surface area contributed by atoms with E-state index in [0.717, 1.165) is 0 Å². The molecule has 0 fully saturated rings. The van der Waals surface area contributed by atoms with E-state index in [4.69, 9.17) is 0 Å². The Hall–Kier alpha value is -2.01. The van der Waals surface area contributed by atoms with Crippen LogP contribution in [0.2, 0.25) is 0 Å². The number of ether oxygens (including phenoxy) is 2. The number of amides is 1. The average Bonchev–Trinajstić information content (AvgIpc) is 2.70. The van der Waals surface area contributed by atoms with Crippen molar-refractivity contribution in [3.63, 3.8) is 0 Å². The average molecular weight is 550 g/mol. The van der Waals surface area contributed by atoms with Gasteiger partial charge in [-0.2, -0.15) is 35.1 Å². The van der Waals surface area contributed by atoms with E-state index < -0.39 is 64.0 Å². The maximum Gasteiger partial charge on any atom is 0.466 e. The Morgan fingerprint density at radius 3 is 1.77 bits per heavy atom. The number of unbranched alkanes of at least 4 members (excludes halogenated alkanes) is 2. The van der Waals surface area contributed by atoms with Gasteiger partial charge in [-0.25, -0.2) is 13.2 Å². The Labute approximate surface area is 196 Å². The molecule has 35 heavy (non-hydrogen) atoms. The molecule has 0 aromatic carbocycles. The maximum atomic E-state index is 14.0. The van der Waals surface area contributed by atoms with Crippen LogP contribution in [0.15, 0.2) is 12.4 Å². The second-order valence-electron chi connectivity index (χ2n) is 7.18. The lowest BCUT2D eigenvalue weighted by molar-refractivity contribution is -0.353. The van der Waals surface area contributed by atoms with Gasteiger partial charge < -0.3 is 18.9 Å². The lowest BCUT2D eigenvalue weighted by Crippen LogP contribution is -2.63. The molecule has 0 saturated heterocycles. The van der Waals surface area contributed by atoms with Crippen molar-refractivity contribution in [1.29, 1.82) is 0 Å². The molecule has 0 aromatic heterocycles. The van der Waals surface area contributed by atoms with Crippen LogP contribution in [0, 0.1) is 0 Å². The first-order valence-electron chi connectivity index (χ1n) is 10.0. The standard InChI is InChI=1S/C18H25F8NO7S/c1-4-6-9-27(10-7-5-2)14(29)16(17(22,23)24,34-13(28)12(3)19)33-11-8-15(20,21)18(25,26)35(30,31)32/h3-11H2,1-2H3,(H,30,31,32)/p-1. The second-order valence-corrected chi connectivity index (χ2v) is 8.60. The van der Waals surface area contributed by atoms with E-state index in [1.807, 2.05) is 0 Å². The molecule has 0 aliphatic heterocycles. The van der Waals surface area contributed by atoms with E-state index in [1.165, 1.54) is 0 Å². The summed E-state index contributed by atoms with van der Waals surface area (Å²) in [6.07, 6.45) is -7.62. The Balaban J connectivity index is 6.40. The van der Waals surface area contributed by atoms with E-state index in [0.29, 0.717) is 17.7 Å². The van der Waals surface area contributed by atoms with Gasteiger partial charge in [0.1, 0.15) is 0 Å². The zero-order valence-electron chi connectivity index (χ0n) is 18.6. The van der Waals surface area contributed by atoms with Gasteiger partial charge in [0.05, 0.1) is 6.61 Å². The van der Waals surface area contributed by atoms with Crippen molar-refractivity contribution < 1.29 is 67.2 Å². The highest BCUT2D eigenvalue weighted by atomic mass is 32.2. The highest BCUT2D eigenvalue weighted by Gasteiger charge is 2.68. The fourth-order valence-corrected chi connectivity index (χ4v) is 2.92. The normalized spacial score (nSPS) is 14.8. The van der Waals surface area contributed by atoms with Crippen molar-refractivity contribution in [3.8, 4) is 0 Å². The first-order valence-corrected chi connectivity index (χ1v) is 11.4. The predicted octanol–water partition coefficient (Wildman–Crippen LogP) is 3.88. The van der Waals surface area contributed by atoms with Gasteiger partial charge in [0, 0.05) is 19.5 Å². The first-order chi connectivity index (χ1) is 15.7. The molecule has 0 bridgehead atoms. The third kappa shape index (κ3) is 7.99. The third-order valence-corrected chi connectivity index (χ3v) is 5.35. The van der Waals surface area contributed by atoms with Crippen LogP contribution >= 0.6 is 0 Å². The number of hydrogen-bond acceptors (Lipinski definition) is 7. The lowest BCUT2D eigenvalue weighted by Gasteiger charge is -2.37. The molecule has 0 N–H and O–H groups in total. The minimum absolute atomic E-state index is 0.124. The van der Waals surface area contributed by atoms with Gasteiger partial charge in [0.15, 0.2) is 10.1 Å². The fourth-order valence-electron chi connectivity index (χ4n) is 2.45. The van der Waals surface area contributed by atoms with E-state index in [2.05, 4.69) is 16.1 Å². The number of nitrogens with zero attached hydrogens (tertiary/aromatic N) is 1. The number of rotatable bonds is 15. The summed E-state index contributed by atoms with van der Waals surface area (Å²) >= 11 is 0. The molecule has 0 aliphatic carbocycles. The number of halogens is 8. The smallest absolute Gasteiger partial charge is 0.466 e. The molecule has 0 aromatic rings. The highest BCUT2D eigenvalue weighted by molar-refractivity contribution is 7.86. The van der Waals surface area contributed by atoms with Crippen molar-refractivity contribution in [2.75, 3.05) is 19.7 Å². The summed E-state index contributed by atoms with van der Waals surface area (Å²) in [6.45, 7) is 2.70. The van der Waals surface area contributed by atoms with Gasteiger partial charge in [-0.15, -0.1) is 0 Å². The Morgan fingerprint density at radius 2 is 1.43 bits per heavy atom. The summed E-state index contributed by atoms with van der Waals surface area (Å²) in [6, 6.07) is 0. The van der Waals surface area contributed by atoms with Crippen molar-refractivity contribution in [2.45, 2.75) is 69.1 Å². The number of carbonyl (C=O) groups excluding carboxylic acids is 2. The Bertz CT molecular complexity index is 855. The highest BCUT2D eigenvalue weighted by Crippen LogP contribution is 2.42. The van der Waals surface area contributed by atoms with Gasteiger partial charge in [-0.1, -0.05) is 33.3 Å². The quantitative estimate of drug-likeness (QED) is 0.100. The summed E-state index contributed by atoms with van der Waals surface area (Å²) in [5.41, 5.74) is 0. The Morgan fingerprint density at radius 1 is 0.971 bits per heavy atom. The zero-order valence-corrected chi connectivity index (χ0v) is 19.4. The van der Waals surface area contributed by atoms with E-state index in [-0.39, 0.29) is 25.9 Å². The molecular weight excluding hydrogens is 526 g/mol. The minimum Gasteiger partial charge on any atom is -0.743 e. The van der Waals surface area contributed by atoms with E-state index in [9.17, 15) is 57.7 Å². The van der Waals surface area contributed by atoms with E-state index >= 15 is 0 Å². The van der Waals surface area contributed by atoms with Crippen molar-refractivity contribution in [3.05, 3.63) is 12.4 Å². The molecule has 206 valence electrons. The molecule has 8 nitrogen and oxygen atoms in total.